The molecule has 3 nitrogen and oxygen atoms in total. The fourth-order valence-corrected chi connectivity index (χ4v) is 1.45. The monoisotopic (exact) mass is 206 g/mol. The molecule has 0 saturated carbocycles. The molecule has 0 bridgehead atoms. The number of hydrogen-bond donors (Lipinski definition) is 1. The number of unbranched alkanes of at least 4 members (excludes halogenated alkanes) is 1. The number of carbonyl (C=O) groups excluding carboxylic acids is 2. The van der Waals surface area contributed by atoms with Gasteiger partial charge in [0, 0.05) is 0 Å². The minimum Gasteiger partial charge on any atom is -0.506 e. The summed E-state index contributed by atoms with van der Waals surface area (Å²) in [6.45, 7) is 2.07. The van der Waals surface area contributed by atoms with Crippen LogP contribution in [-0.4, -0.2) is 17.7 Å². The van der Waals surface area contributed by atoms with Crippen molar-refractivity contribution in [2.45, 2.75) is 26.2 Å². The van der Waals surface area contributed by atoms with Crippen LogP contribution >= 0.6 is 0 Å². The van der Waals surface area contributed by atoms with Gasteiger partial charge in [0.25, 0.3) is 0 Å². The number of phenolic OH excluding ortho intramolecular Hbond substituents is 1. The van der Waals surface area contributed by atoms with Crippen molar-refractivity contribution in [2.75, 3.05) is 0 Å². The summed E-state index contributed by atoms with van der Waals surface area (Å²) in [4.78, 5) is 21.3. The normalized spacial score (nSPS) is 9.93. The van der Waals surface area contributed by atoms with E-state index in [9.17, 15) is 14.7 Å². The first-order chi connectivity index (χ1) is 7.22. The zero-order valence-electron chi connectivity index (χ0n) is 8.69. The molecule has 0 unspecified atom stereocenters. The largest absolute Gasteiger partial charge is 0.506 e. The fourth-order valence-electron chi connectivity index (χ4n) is 1.45. The average Bonchev–Trinajstić information content (AvgIpc) is 2.27. The van der Waals surface area contributed by atoms with Gasteiger partial charge in [0.15, 0.2) is 12.6 Å². The van der Waals surface area contributed by atoms with Gasteiger partial charge in [-0.1, -0.05) is 13.3 Å². The molecule has 80 valence electrons. The van der Waals surface area contributed by atoms with Gasteiger partial charge in [0.1, 0.15) is 5.75 Å². The molecule has 0 heterocycles. The Morgan fingerprint density at radius 3 is 2.13 bits per heavy atom. The third-order valence-corrected chi connectivity index (χ3v) is 2.30. The zero-order valence-corrected chi connectivity index (χ0v) is 8.69. The van der Waals surface area contributed by atoms with Gasteiger partial charge in [0.05, 0.1) is 11.1 Å². The van der Waals surface area contributed by atoms with Gasteiger partial charge >= 0.3 is 0 Å². The van der Waals surface area contributed by atoms with E-state index in [1.165, 1.54) is 0 Å². The molecule has 0 amide bonds. The summed E-state index contributed by atoms with van der Waals surface area (Å²) in [6.07, 6.45) is 4.00. The third kappa shape index (κ3) is 2.65. The van der Waals surface area contributed by atoms with Crippen molar-refractivity contribution >= 4 is 12.6 Å². The number of phenols is 1. The second kappa shape index (κ2) is 5.29. The predicted molar refractivity (Wildman–Crippen MR) is 57.5 cm³/mol. The van der Waals surface area contributed by atoms with E-state index in [0.29, 0.717) is 12.6 Å². The number of aryl methyl sites for hydroxylation is 1. The summed E-state index contributed by atoms with van der Waals surface area (Å²) in [7, 11) is 0. The smallest absolute Gasteiger partial charge is 0.153 e. The van der Waals surface area contributed by atoms with Crippen molar-refractivity contribution < 1.29 is 14.7 Å². The summed E-state index contributed by atoms with van der Waals surface area (Å²) in [5, 5.41) is 9.48. The van der Waals surface area contributed by atoms with E-state index in [0.717, 1.165) is 24.8 Å². The molecule has 0 saturated heterocycles. The third-order valence-electron chi connectivity index (χ3n) is 2.30. The molecule has 0 aromatic heterocycles. The first-order valence-corrected chi connectivity index (χ1v) is 4.99. The van der Waals surface area contributed by atoms with E-state index in [4.69, 9.17) is 0 Å². The van der Waals surface area contributed by atoms with Gasteiger partial charge in [-0.15, -0.1) is 0 Å². The number of rotatable bonds is 5. The summed E-state index contributed by atoms with van der Waals surface area (Å²) < 4.78 is 0. The maximum Gasteiger partial charge on any atom is 0.153 e. The molecule has 0 fully saturated rings. The lowest BCUT2D eigenvalue weighted by atomic mass is 10.0. The van der Waals surface area contributed by atoms with Gasteiger partial charge < -0.3 is 5.11 Å². The topological polar surface area (TPSA) is 54.4 Å². The van der Waals surface area contributed by atoms with E-state index in [1.54, 1.807) is 12.1 Å². The van der Waals surface area contributed by atoms with E-state index in [-0.39, 0.29) is 16.9 Å². The van der Waals surface area contributed by atoms with E-state index >= 15 is 0 Å². The molecule has 15 heavy (non-hydrogen) atoms. The Morgan fingerprint density at radius 1 is 1.20 bits per heavy atom. The molecular formula is C12H14O3. The Bertz CT molecular complexity index is 340. The molecule has 1 rings (SSSR count). The van der Waals surface area contributed by atoms with Crippen molar-refractivity contribution in [3.05, 3.63) is 28.8 Å². The summed E-state index contributed by atoms with van der Waals surface area (Å²) >= 11 is 0. The molecule has 1 aromatic rings. The molecule has 1 N–H and O–H groups in total. The first-order valence-electron chi connectivity index (χ1n) is 4.99. The van der Waals surface area contributed by atoms with Crippen LogP contribution in [0.4, 0.5) is 0 Å². The molecule has 1 aromatic carbocycles. The van der Waals surface area contributed by atoms with Crippen molar-refractivity contribution in [1.82, 2.24) is 0 Å². The zero-order chi connectivity index (χ0) is 11.3. The van der Waals surface area contributed by atoms with Crippen LogP contribution in [0.25, 0.3) is 0 Å². The van der Waals surface area contributed by atoms with Crippen molar-refractivity contribution in [3.63, 3.8) is 0 Å². The number of benzene rings is 1. The lowest BCUT2D eigenvalue weighted by molar-refractivity contribution is 0.112. The summed E-state index contributed by atoms with van der Waals surface area (Å²) in [5.74, 6) is -0.222. The van der Waals surface area contributed by atoms with Crippen molar-refractivity contribution in [2.24, 2.45) is 0 Å². The highest BCUT2D eigenvalue weighted by Gasteiger charge is 2.08. The minimum absolute atomic E-state index is 0.186. The number of carbonyl (C=O) groups is 2. The summed E-state index contributed by atoms with van der Waals surface area (Å²) in [6, 6.07) is 3.26. The van der Waals surface area contributed by atoms with Crippen molar-refractivity contribution in [3.8, 4) is 5.75 Å². The second-order valence-electron chi connectivity index (χ2n) is 3.46. The van der Waals surface area contributed by atoms with Gasteiger partial charge in [0.2, 0.25) is 0 Å². The van der Waals surface area contributed by atoms with Crippen molar-refractivity contribution in [1.29, 1.82) is 0 Å². The Kier molecular flexibility index (Phi) is 4.03. The van der Waals surface area contributed by atoms with Crippen LogP contribution in [0.1, 0.15) is 46.0 Å². The van der Waals surface area contributed by atoms with E-state index in [2.05, 4.69) is 6.92 Å². The number of aromatic hydroxyl groups is 1. The van der Waals surface area contributed by atoms with Gasteiger partial charge in [-0.25, -0.2) is 0 Å². The van der Waals surface area contributed by atoms with Crippen LogP contribution in [0.15, 0.2) is 12.1 Å². The molecule has 3 heteroatoms. The molecule has 0 atom stereocenters. The Balaban J connectivity index is 3.08. The molecule has 0 aliphatic heterocycles. The van der Waals surface area contributed by atoms with Crippen LogP contribution < -0.4 is 0 Å². The summed E-state index contributed by atoms with van der Waals surface area (Å²) in [5.41, 5.74) is 1.29. The maximum atomic E-state index is 10.6. The average molecular weight is 206 g/mol. The van der Waals surface area contributed by atoms with Crippen LogP contribution in [0.2, 0.25) is 0 Å². The van der Waals surface area contributed by atoms with Gasteiger partial charge in [-0.05, 0) is 30.5 Å². The first kappa shape index (κ1) is 11.4. The highest BCUT2D eigenvalue weighted by Crippen LogP contribution is 2.22. The second-order valence-corrected chi connectivity index (χ2v) is 3.46. The number of hydrogen-bond acceptors (Lipinski definition) is 3. The van der Waals surface area contributed by atoms with Crippen LogP contribution in [0.3, 0.4) is 0 Å². The van der Waals surface area contributed by atoms with E-state index in [1.807, 2.05) is 0 Å². The molecule has 0 spiro atoms. The molecule has 0 aliphatic rings. The predicted octanol–water partition coefficient (Wildman–Crippen LogP) is 2.36. The molecule has 0 radical (unpaired) electrons. The highest BCUT2D eigenvalue weighted by atomic mass is 16.3. The number of aldehydes is 2. The Morgan fingerprint density at radius 2 is 1.73 bits per heavy atom. The Hall–Kier alpha value is -1.64. The SMILES string of the molecule is CCCCc1cc(C=O)c(O)c(C=O)c1. The quantitative estimate of drug-likeness (QED) is 0.752. The fraction of sp³-hybridized carbons (Fsp3) is 0.333. The van der Waals surface area contributed by atoms with Gasteiger partial charge in [-0.3, -0.25) is 9.59 Å². The standard InChI is InChI=1S/C12H14O3/c1-2-3-4-9-5-10(7-13)12(15)11(6-9)8-14/h5-8,15H,2-4H2,1H3. The minimum atomic E-state index is -0.222. The lowest BCUT2D eigenvalue weighted by Crippen LogP contribution is -1.94. The van der Waals surface area contributed by atoms with Crippen LogP contribution in [-0.2, 0) is 6.42 Å². The maximum absolute atomic E-state index is 10.6. The van der Waals surface area contributed by atoms with Crippen LogP contribution in [0.5, 0.6) is 5.75 Å². The van der Waals surface area contributed by atoms with Crippen LogP contribution in [0, 0.1) is 0 Å². The molecule has 0 aliphatic carbocycles. The van der Waals surface area contributed by atoms with E-state index < -0.39 is 0 Å². The van der Waals surface area contributed by atoms with Gasteiger partial charge in [-0.2, -0.15) is 0 Å². The molecular weight excluding hydrogens is 192 g/mol. The lowest BCUT2D eigenvalue weighted by Gasteiger charge is -2.05. The highest BCUT2D eigenvalue weighted by molar-refractivity contribution is 5.88. The Labute approximate surface area is 88.7 Å².